The van der Waals surface area contributed by atoms with Gasteiger partial charge >= 0.3 is 5.97 Å². The van der Waals surface area contributed by atoms with E-state index >= 15 is 0 Å². The number of alkyl halides is 1. The predicted octanol–water partition coefficient (Wildman–Crippen LogP) is 3.28. The summed E-state index contributed by atoms with van der Waals surface area (Å²) in [6, 6.07) is 0. The van der Waals surface area contributed by atoms with Crippen molar-refractivity contribution < 1.29 is 29.3 Å². The fraction of sp³-hybridized carbons (Fsp3) is 0.720. The molecule has 0 aromatic rings. The molecule has 0 radical (unpaired) electrons. The molecule has 7 heteroatoms. The maximum atomic E-state index is 13.1. The molecule has 2 N–H and O–H groups in total. The second kappa shape index (κ2) is 8.48. The number of esters is 1. The van der Waals surface area contributed by atoms with Crippen molar-refractivity contribution in [1.82, 2.24) is 0 Å². The van der Waals surface area contributed by atoms with Crippen LogP contribution in [-0.2, 0) is 19.1 Å². The van der Waals surface area contributed by atoms with Crippen molar-refractivity contribution in [3.63, 3.8) is 0 Å². The van der Waals surface area contributed by atoms with Crippen LogP contribution in [-0.4, -0.2) is 51.4 Å². The number of hydrogen-bond donors (Lipinski definition) is 2. The van der Waals surface area contributed by atoms with E-state index in [9.17, 15) is 24.6 Å². The van der Waals surface area contributed by atoms with E-state index < -0.39 is 40.9 Å². The number of halogens is 1. The van der Waals surface area contributed by atoms with E-state index in [0.717, 1.165) is 12.0 Å². The Morgan fingerprint density at radius 2 is 2.06 bits per heavy atom. The lowest BCUT2D eigenvalue weighted by molar-refractivity contribution is -0.199. The standard InChI is InChI=1S/C25H33BrO6/c1-23-9-7-16(28)12-15(23)5-6-17-18-8-10-25(20(30)14-27,32-21(31)4-3-11-26)24(18,2)13-19(29)22(17)23/h5,7,9,17-19,22,27,29H,3-4,6,8,10-14H2,1-2H3/t17-,18-,19-,22+,23-,24-,25-/m0/s1. The maximum absolute atomic E-state index is 13.1. The van der Waals surface area contributed by atoms with Crippen molar-refractivity contribution in [3.05, 3.63) is 23.8 Å². The molecule has 7 atom stereocenters. The van der Waals surface area contributed by atoms with E-state index in [1.807, 2.05) is 13.0 Å². The molecule has 0 aromatic carbocycles. The monoisotopic (exact) mass is 508 g/mol. The molecule has 2 saturated carbocycles. The molecule has 4 aliphatic carbocycles. The average Bonchev–Trinajstić information content (AvgIpc) is 3.04. The number of aliphatic hydroxyl groups excluding tert-OH is 2. The minimum atomic E-state index is -1.41. The number of carbonyl (C=O) groups excluding carboxylic acids is 3. The third-order valence-electron chi connectivity index (χ3n) is 8.97. The summed E-state index contributed by atoms with van der Waals surface area (Å²) in [5.41, 5.74) is -1.49. The Morgan fingerprint density at radius 3 is 2.75 bits per heavy atom. The molecule has 4 aliphatic rings. The Kier molecular flexibility index (Phi) is 6.31. The summed E-state index contributed by atoms with van der Waals surface area (Å²) in [7, 11) is 0. The zero-order chi connectivity index (χ0) is 23.3. The Bertz CT molecular complexity index is 880. The number of hydrogen-bond acceptors (Lipinski definition) is 6. The van der Waals surface area contributed by atoms with Crippen LogP contribution in [0, 0.1) is 28.6 Å². The van der Waals surface area contributed by atoms with Crippen LogP contribution in [0.25, 0.3) is 0 Å². The van der Waals surface area contributed by atoms with Crippen molar-refractivity contribution in [2.24, 2.45) is 28.6 Å². The first-order chi connectivity index (χ1) is 15.1. The molecule has 0 heterocycles. The van der Waals surface area contributed by atoms with E-state index in [1.165, 1.54) is 0 Å². The summed E-state index contributed by atoms with van der Waals surface area (Å²) in [5.74, 6) is -0.709. The number of aliphatic hydroxyl groups is 2. The highest BCUT2D eigenvalue weighted by Gasteiger charge is 2.70. The lowest BCUT2D eigenvalue weighted by Crippen LogP contribution is -2.62. The molecular weight excluding hydrogens is 476 g/mol. The van der Waals surface area contributed by atoms with Crippen molar-refractivity contribution in [2.45, 2.75) is 70.5 Å². The fourth-order valence-electron chi connectivity index (χ4n) is 7.49. The number of ketones is 2. The van der Waals surface area contributed by atoms with Crippen LogP contribution in [0.3, 0.4) is 0 Å². The Labute approximate surface area is 197 Å². The van der Waals surface area contributed by atoms with Gasteiger partial charge in [0.05, 0.1) is 6.10 Å². The van der Waals surface area contributed by atoms with Gasteiger partial charge in [0.2, 0.25) is 5.78 Å². The molecule has 0 spiro atoms. The second-order valence-corrected chi connectivity index (χ2v) is 11.2. The molecule has 0 amide bonds. The number of fused-ring (bicyclic) bond motifs is 5. The van der Waals surface area contributed by atoms with Gasteiger partial charge in [-0.15, -0.1) is 0 Å². The summed E-state index contributed by atoms with van der Waals surface area (Å²) in [5, 5.41) is 22.0. The van der Waals surface area contributed by atoms with Gasteiger partial charge in [0.25, 0.3) is 0 Å². The minimum Gasteiger partial charge on any atom is -0.450 e. The van der Waals surface area contributed by atoms with Crippen LogP contribution in [0.15, 0.2) is 23.8 Å². The van der Waals surface area contributed by atoms with Gasteiger partial charge in [-0.05, 0) is 50.0 Å². The van der Waals surface area contributed by atoms with E-state index in [-0.39, 0.29) is 30.0 Å². The molecule has 2 fully saturated rings. The Balaban J connectivity index is 1.71. The first-order valence-corrected chi connectivity index (χ1v) is 12.8. The molecule has 0 bridgehead atoms. The Morgan fingerprint density at radius 1 is 1.31 bits per heavy atom. The molecule has 32 heavy (non-hydrogen) atoms. The highest BCUT2D eigenvalue weighted by molar-refractivity contribution is 9.09. The lowest BCUT2D eigenvalue weighted by Gasteiger charge is -2.59. The van der Waals surface area contributed by atoms with Crippen LogP contribution in [0.2, 0.25) is 0 Å². The predicted molar refractivity (Wildman–Crippen MR) is 122 cm³/mol. The van der Waals surface area contributed by atoms with Gasteiger partial charge in [-0.3, -0.25) is 14.4 Å². The number of ether oxygens (including phenoxy) is 1. The summed E-state index contributed by atoms with van der Waals surface area (Å²) < 4.78 is 5.95. The smallest absolute Gasteiger partial charge is 0.306 e. The SMILES string of the molecule is C[C@]12C=CC(=O)CC1=CC[C@@H]1[C@@H]2[C@@H](O)C[C@@]2(C)[C@H]1CC[C@]2(OC(=O)CCCBr)C(=O)CO. The molecule has 0 aliphatic heterocycles. The van der Waals surface area contributed by atoms with E-state index in [0.29, 0.717) is 37.4 Å². The number of rotatable bonds is 6. The number of carbonyl (C=O) groups is 3. The van der Waals surface area contributed by atoms with Crippen LogP contribution < -0.4 is 0 Å². The van der Waals surface area contributed by atoms with Crippen molar-refractivity contribution in [3.8, 4) is 0 Å². The van der Waals surface area contributed by atoms with Crippen molar-refractivity contribution in [1.29, 1.82) is 0 Å². The largest absolute Gasteiger partial charge is 0.450 e. The summed E-state index contributed by atoms with van der Waals surface area (Å²) in [6.45, 7) is 3.37. The van der Waals surface area contributed by atoms with Gasteiger partial charge in [-0.2, -0.15) is 0 Å². The van der Waals surface area contributed by atoms with Crippen molar-refractivity contribution in [2.75, 3.05) is 11.9 Å². The normalized spacial score (nSPS) is 42.5. The van der Waals surface area contributed by atoms with Gasteiger partial charge in [-0.25, -0.2) is 0 Å². The number of Topliss-reactive ketones (excluding diaryl/α,β-unsaturated/α-hetero) is 1. The number of allylic oxidation sites excluding steroid dienone is 4. The van der Waals surface area contributed by atoms with Crippen molar-refractivity contribution >= 4 is 33.5 Å². The summed E-state index contributed by atoms with van der Waals surface area (Å²) >= 11 is 3.32. The van der Waals surface area contributed by atoms with Crippen LogP contribution in [0.4, 0.5) is 0 Å². The van der Waals surface area contributed by atoms with Gasteiger partial charge in [0.1, 0.15) is 6.61 Å². The minimum absolute atomic E-state index is 0.0611. The highest BCUT2D eigenvalue weighted by atomic mass is 79.9. The van der Waals surface area contributed by atoms with Crippen LogP contribution in [0.5, 0.6) is 0 Å². The zero-order valence-corrected chi connectivity index (χ0v) is 20.4. The van der Waals surface area contributed by atoms with E-state index in [4.69, 9.17) is 4.74 Å². The molecule has 4 rings (SSSR count). The molecule has 176 valence electrons. The third kappa shape index (κ3) is 3.38. The topological polar surface area (TPSA) is 101 Å². The van der Waals surface area contributed by atoms with Crippen LogP contribution >= 0.6 is 15.9 Å². The maximum Gasteiger partial charge on any atom is 0.306 e. The molecule has 0 aromatic heterocycles. The van der Waals surface area contributed by atoms with Gasteiger partial charge in [0, 0.05) is 34.9 Å². The van der Waals surface area contributed by atoms with E-state index in [2.05, 4.69) is 28.9 Å². The van der Waals surface area contributed by atoms with Gasteiger partial charge in [0.15, 0.2) is 11.4 Å². The highest BCUT2D eigenvalue weighted by Crippen LogP contribution is 2.67. The summed E-state index contributed by atoms with van der Waals surface area (Å²) in [4.78, 5) is 37.8. The third-order valence-corrected chi connectivity index (χ3v) is 9.53. The second-order valence-electron chi connectivity index (χ2n) is 10.4. The van der Waals surface area contributed by atoms with Gasteiger partial charge < -0.3 is 14.9 Å². The van der Waals surface area contributed by atoms with Gasteiger partial charge in [-0.1, -0.05) is 47.5 Å². The first kappa shape index (κ1) is 23.8. The van der Waals surface area contributed by atoms with E-state index in [1.54, 1.807) is 6.08 Å². The lowest BCUT2D eigenvalue weighted by atomic mass is 9.47. The summed E-state index contributed by atoms with van der Waals surface area (Å²) in [6.07, 6.45) is 8.34. The van der Waals surface area contributed by atoms with Crippen LogP contribution in [0.1, 0.15) is 58.8 Å². The average molecular weight is 509 g/mol. The molecule has 0 saturated heterocycles. The first-order valence-electron chi connectivity index (χ1n) is 11.6. The zero-order valence-electron chi connectivity index (χ0n) is 18.8. The Hall–Kier alpha value is -1.31. The molecular formula is C25H33BrO6. The quantitative estimate of drug-likeness (QED) is 0.324. The molecule has 6 nitrogen and oxygen atoms in total. The molecule has 0 unspecified atom stereocenters. The fourth-order valence-corrected chi connectivity index (χ4v) is 7.77.